The van der Waals surface area contributed by atoms with E-state index < -0.39 is 91.5 Å². The maximum atomic E-state index is 13.0. The maximum Gasteiger partial charge on any atom is 0.472 e. The summed E-state index contributed by atoms with van der Waals surface area (Å²) in [7, 11) is -9.80. The Morgan fingerprint density at radius 1 is 0.271 bits per heavy atom. The Bertz CT molecular complexity index is 2530. The van der Waals surface area contributed by atoms with Crippen LogP contribution in [0.2, 0.25) is 0 Å². The molecule has 0 heterocycles. The molecule has 0 amide bonds. The highest BCUT2D eigenvalue weighted by Gasteiger charge is 2.29. The van der Waals surface area contributed by atoms with Crippen LogP contribution >= 0.6 is 15.6 Å². The van der Waals surface area contributed by atoms with E-state index in [2.05, 4.69) is 167 Å². The van der Waals surface area contributed by atoms with Gasteiger partial charge in [-0.05, 0) is 122 Å². The van der Waals surface area contributed by atoms with Crippen molar-refractivity contribution in [1.29, 1.82) is 0 Å². The first-order valence-corrected chi connectivity index (χ1v) is 45.1. The fourth-order valence-corrected chi connectivity index (χ4v) is 12.8. The van der Waals surface area contributed by atoms with E-state index in [1.54, 1.807) is 0 Å². The van der Waals surface area contributed by atoms with Crippen LogP contribution in [0.15, 0.2) is 146 Å². The lowest BCUT2D eigenvalue weighted by atomic mass is 10.0. The molecule has 0 fully saturated rings. The van der Waals surface area contributed by atoms with Crippen molar-refractivity contribution in [2.24, 2.45) is 0 Å². The number of hydrogen-bond acceptors (Lipinski definition) is 14. The second kappa shape index (κ2) is 80.9. The summed E-state index contributed by atoms with van der Waals surface area (Å²) >= 11 is 0. The van der Waals surface area contributed by atoms with Gasteiger partial charge in [0.1, 0.15) is 25.4 Å². The lowest BCUT2D eigenvalue weighted by Gasteiger charge is -2.21. The van der Waals surface area contributed by atoms with Gasteiger partial charge in [0.25, 0.3) is 0 Å². The van der Waals surface area contributed by atoms with Crippen LogP contribution < -0.4 is 0 Å². The van der Waals surface area contributed by atoms with Crippen molar-refractivity contribution in [3.8, 4) is 0 Å². The van der Waals surface area contributed by atoms with Crippen LogP contribution in [0.5, 0.6) is 0 Å². The van der Waals surface area contributed by atoms with Crippen molar-refractivity contribution in [2.75, 3.05) is 39.6 Å². The Morgan fingerprint density at radius 2 is 0.495 bits per heavy atom. The zero-order valence-electron chi connectivity index (χ0n) is 67.3. The number of hydrogen-bond donors (Lipinski definition) is 4. The molecule has 0 aromatic heterocycles. The lowest BCUT2D eigenvalue weighted by Crippen LogP contribution is -2.30. The summed E-state index contributed by atoms with van der Waals surface area (Å²) in [6.45, 7) is 2.47. The van der Waals surface area contributed by atoms with Gasteiger partial charge in [0.15, 0.2) is 6.10 Å². The summed E-state index contributed by atoms with van der Waals surface area (Å²) in [5.74, 6) is -1.58. The average Bonchev–Trinajstić information content (AvgIpc) is 0.906. The lowest BCUT2D eigenvalue weighted by molar-refractivity contribution is -0.161. The molecule has 0 radical (unpaired) electrons. The highest BCUT2D eigenvalue weighted by atomic mass is 31.2. The van der Waals surface area contributed by atoms with Gasteiger partial charge in [-0.1, -0.05) is 346 Å². The SMILES string of the molecule is CC/C=C\C/C=C\C/C=C\C/C=C\C/C=C\C/C=C\CCCCCCCCCCCCCCC(=O)OCC(O)COP(=O)(O)OCC(O)COP(=O)(O)OCC(COC(=O)CCCCCCCC/C=C\C/C=C\C/C=C\C/C=C\C/C=C\C/C=C\CC)OC(=O)CCCCCCCCCCCCCCCCC. The van der Waals surface area contributed by atoms with Crippen molar-refractivity contribution in [3.05, 3.63) is 146 Å². The van der Waals surface area contributed by atoms with Gasteiger partial charge in [0.05, 0.1) is 26.4 Å². The Labute approximate surface area is 651 Å². The molecule has 0 saturated carbocycles. The van der Waals surface area contributed by atoms with Crippen LogP contribution in [0.3, 0.4) is 0 Å². The maximum absolute atomic E-state index is 13.0. The molecule has 0 saturated heterocycles. The molecule has 0 aliphatic carbocycles. The standard InChI is InChI=1S/C89H152O16P2/c1-4-7-10-13-16-19-22-25-28-30-32-34-36-38-39-40-41-42-43-45-47-48-50-52-55-57-60-63-66-69-72-75-87(92)99-78-84(90)79-101-106(95,96)102-80-85(91)81-103-107(97,98)104-83-86(105-89(94)77-74-71-68-65-62-59-54-27-24-21-18-15-12-9-6-3)82-100-88(93)76-73-70-67-64-61-58-56-53-51-49-46-44-37-35-33-31-29-26-23-20-17-14-11-8-5-2/h7-8,10-11,16-17,19-20,25-26,28-29,32-35,38-39,41-42,44,46,51,53,84-86,90-91H,4-6,9,12-15,18,21-24,27,30-31,36-37,40,43,45,47-50,52,54-83H2,1-3H3,(H,95,96)(H,97,98)/b10-7-,11-8-,19-16-,20-17-,28-25-,29-26-,34-32-,35-33-,39-38-,42-41-,46-44-,53-51-. The molecular weight excluding hydrogens is 1390 g/mol. The number of ether oxygens (including phenoxy) is 3. The van der Waals surface area contributed by atoms with Gasteiger partial charge in [-0.3, -0.25) is 32.5 Å². The first-order valence-electron chi connectivity index (χ1n) is 42.1. The Morgan fingerprint density at radius 3 is 0.785 bits per heavy atom. The fourth-order valence-electron chi connectivity index (χ4n) is 11.2. The molecule has 16 nitrogen and oxygen atoms in total. The smallest absolute Gasteiger partial charge is 0.463 e. The van der Waals surface area contributed by atoms with Crippen LogP contribution in [-0.2, 0) is 55.8 Å². The molecule has 5 unspecified atom stereocenters. The fraction of sp³-hybridized carbons (Fsp3) is 0.697. The summed E-state index contributed by atoms with van der Waals surface area (Å²) < 4.78 is 61.3. The van der Waals surface area contributed by atoms with Crippen LogP contribution in [0.4, 0.5) is 0 Å². The molecule has 0 spiro atoms. The Balaban J connectivity index is 4.53. The zero-order valence-corrected chi connectivity index (χ0v) is 69.1. The van der Waals surface area contributed by atoms with Gasteiger partial charge in [-0.25, -0.2) is 9.13 Å². The molecule has 0 bridgehead atoms. The minimum absolute atomic E-state index is 0.102. The summed E-state index contributed by atoms with van der Waals surface area (Å²) in [6, 6.07) is 0. The van der Waals surface area contributed by atoms with Gasteiger partial charge >= 0.3 is 33.6 Å². The number of carbonyl (C=O) groups is 3. The zero-order chi connectivity index (χ0) is 78.0. The van der Waals surface area contributed by atoms with E-state index in [4.69, 9.17) is 32.3 Å². The van der Waals surface area contributed by atoms with Crippen LogP contribution in [-0.4, -0.2) is 95.9 Å². The van der Waals surface area contributed by atoms with E-state index in [-0.39, 0.29) is 19.3 Å². The quantitative estimate of drug-likeness (QED) is 0.0146. The normalized spacial score (nSPS) is 14.6. The van der Waals surface area contributed by atoms with E-state index in [9.17, 15) is 43.5 Å². The monoisotopic (exact) mass is 1540 g/mol. The largest absolute Gasteiger partial charge is 0.472 e. The third kappa shape index (κ3) is 82.2. The molecule has 18 heteroatoms. The van der Waals surface area contributed by atoms with E-state index in [0.717, 1.165) is 167 Å². The van der Waals surface area contributed by atoms with Crippen molar-refractivity contribution in [3.63, 3.8) is 0 Å². The van der Waals surface area contributed by atoms with Gasteiger partial charge in [0.2, 0.25) is 0 Å². The second-order valence-corrected chi connectivity index (χ2v) is 30.8. The predicted molar refractivity (Wildman–Crippen MR) is 445 cm³/mol. The third-order valence-electron chi connectivity index (χ3n) is 17.6. The van der Waals surface area contributed by atoms with E-state index in [0.29, 0.717) is 19.3 Å². The first kappa shape index (κ1) is 102. The number of carbonyl (C=O) groups excluding carboxylic acids is 3. The topological polar surface area (TPSA) is 231 Å². The second-order valence-electron chi connectivity index (χ2n) is 27.9. The third-order valence-corrected chi connectivity index (χ3v) is 19.5. The van der Waals surface area contributed by atoms with Crippen molar-refractivity contribution < 1.29 is 75.8 Å². The molecule has 0 aromatic rings. The number of aliphatic hydroxyl groups is 2. The van der Waals surface area contributed by atoms with E-state index in [1.165, 1.54) is 116 Å². The van der Waals surface area contributed by atoms with E-state index >= 15 is 0 Å². The molecule has 0 aromatic carbocycles. The number of unbranched alkanes of at least 4 members (excludes halogenated alkanes) is 32. The van der Waals surface area contributed by atoms with Crippen LogP contribution in [0.25, 0.3) is 0 Å². The minimum Gasteiger partial charge on any atom is -0.463 e. The van der Waals surface area contributed by atoms with Crippen molar-refractivity contribution in [1.82, 2.24) is 0 Å². The highest BCUT2D eigenvalue weighted by Crippen LogP contribution is 2.45. The number of phosphoric acid groups is 2. The molecule has 0 aliphatic rings. The molecule has 107 heavy (non-hydrogen) atoms. The van der Waals surface area contributed by atoms with Gasteiger partial charge in [0, 0.05) is 19.3 Å². The van der Waals surface area contributed by atoms with Crippen LogP contribution in [0, 0.1) is 0 Å². The number of rotatable bonds is 79. The molecule has 0 aliphatic heterocycles. The Hall–Kier alpha value is -4.57. The molecule has 5 atom stereocenters. The first-order chi connectivity index (χ1) is 52.2. The summed E-state index contributed by atoms with van der Waals surface area (Å²) in [6.07, 6.45) is 100. The minimum atomic E-state index is -4.94. The van der Waals surface area contributed by atoms with Crippen molar-refractivity contribution >= 4 is 33.6 Å². The number of aliphatic hydroxyl groups excluding tert-OH is 2. The number of esters is 3. The molecular formula is C89H152O16P2. The predicted octanol–water partition coefficient (Wildman–Crippen LogP) is 25.2. The summed E-state index contributed by atoms with van der Waals surface area (Å²) in [4.78, 5) is 58.8. The highest BCUT2D eigenvalue weighted by molar-refractivity contribution is 7.47. The van der Waals surface area contributed by atoms with E-state index in [1.807, 2.05) is 0 Å². The van der Waals surface area contributed by atoms with Gasteiger partial charge in [-0.2, -0.15) is 0 Å². The molecule has 4 N–H and O–H groups in total. The molecule has 0 rings (SSSR count). The summed E-state index contributed by atoms with van der Waals surface area (Å²) in [5.41, 5.74) is 0. The number of allylic oxidation sites excluding steroid dienone is 24. The summed E-state index contributed by atoms with van der Waals surface area (Å²) in [5, 5.41) is 20.7. The Kier molecular flexibility index (Phi) is 77.5. The average molecular weight is 1540 g/mol. The van der Waals surface area contributed by atoms with Gasteiger partial charge in [-0.15, -0.1) is 0 Å². The van der Waals surface area contributed by atoms with Gasteiger partial charge < -0.3 is 34.2 Å². The van der Waals surface area contributed by atoms with Crippen molar-refractivity contribution in [2.45, 2.75) is 360 Å². The van der Waals surface area contributed by atoms with Crippen LogP contribution in [0.1, 0.15) is 342 Å². The molecule has 614 valence electrons. The number of phosphoric ester groups is 2.